The number of benzene rings is 2. The van der Waals surface area contributed by atoms with Crippen molar-refractivity contribution in [2.24, 2.45) is 0 Å². The number of anilines is 1. The fourth-order valence-corrected chi connectivity index (χ4v) is 4.27. The van der Waals surface area contributed by atoms with E-state index in [0.717, 1.165) is 37.1 Å². The lowest BCUT2D eigenvalue weighted by molar-refractivity contribution is -0.137. The van der Waals surface area contributed by atoms with Gasteiger partial charge >= 0.3 is 6.18 Å². The number of likely N-dealkylation sites (N-methyl/N-ethyl adjacent to an activating group) is 1. The predicted octanol–water partition coefficient (Wildman–Crippen LogP) is 4.89. The molecule has 4 rings (SSSR count). The quantitative estimate of drug-likeness (QED) is 0.427. The average Bonchev–Trinajstić information content (AvgIpc) is 3.35. The number of hydrogen-bond acceptors (Lipinski definition) is 5. The Balaban J connectivity index is 1.52. The van der Waals surface area contributed by atoms with Gasteiger partial charge in [-0.25, -0.2) is 4.98 Å². The number of pyridine rings is 1. The first-order chi connectivity index (χ1) is 19.0. The SMILES string of the molecule is CNC(=O)c1ccc(C#Cc2cc(C(=O)Nc3cc(OC[C@@H]4CCCN4C)cc(C(F)(F)F)c3)ccc2C)cn1. The first-order valence-electron chi connectivity index (χ1n) is 12.7. The molecular weight excluding hydrogens is 521 g/mol. The summed E-state index contributed by atoms with van der Waals surface area (Å²) in [7, 11) is 3.47. The smallest absolute Gasteiger partial charge is 0.416 e. The fraction of sp³-hybridized carbons (Fsp3) is 0.300. The van der Waals surface area contributed by atoms with Crippen molar-refractivity contribution in [1.29, 1.82) is 0 Å². The molecule has 0 unspecified atom stereocenters. The Morgan fingerprint density at radius 2 is 1.90 bits per heavy atom. The van der Waals surface area contributed by atoms with Gasteiger partial charge in [0.15, 0.2) is 0 Å². The van der Waals surface area contributed by atoms with Gasteiger partial charge < -0.3 is 20.3 Å². The molecule has 0 saturated carbocycles. The lowest BCUT2D eigenvalue weighted by Gasteiger charge is -2.20. The summed E-state index contributed by atoms with van der Waals surface area (Å²) < 4.78 is 46.5. The zero-order chi connectivity index (χ0) is 28.9. The number of alkyl halides is 3. The molecule has 0 radical (unpaired) electrons. The Labute approximate surface area is 230 Å². The molecular formula is C30H29F3N4O3. The molecule has 1 aliphatic heterocycles. The van der Waals surface area contributed by atoms with Crippen LogP contribution in [-0.4, -0.2) is 55.0 Å². The molecule has 0 aliphatic carbocycles. The van der Waals surface area contributed by atoms with E-state index in [4.69, 9.17) is 4.74 Å². The zero-order valence-electron chi connectivity index (χ0n) is 22.4. The van der Waals surface area contributed by atoms with E-state index < -0.39 is 17.6 Å². The Kier molecular flexibility index (Phi) is 8.75. The number of aromatic nitrogens is 1. The summed E-state index contributed by atoms with van der Waals surface area (Å²) in [5.41, 5.74) is 1.51. The van der Waals surface area contributed by atoms with E-state index >= 15 is 0 Å². The Hall–Kier alpha value is -4.36. The van der Waals surface area contributed by atoms with Crippen molar-refractivity contribution >= 4 is 17.5 Å². The van der Waals surface area contributed by atoms with Crippen LogP contribution in [0.1, 0.15) is 55.9 Å². The number of rotatable bonds is 6. The predicted molar refractivity (Wildman–Crippen MR) is 145 cm³/mol. The highest BCUT2D eigenvalue weighted by atomic mass is 19.4. The monoisotopic (exact) mass is 550 g/mol. The minimum atomic E-state index is -4.61. The van der Waals surface area contributed by atoms with Crippen molar-refractivity contribution < 1.29 is 27.5 Å². The number of carbonyl (C=O) groups is 2. The number of aryl methyl sites for hydroxylation is 1. The number of nitrogens with zero attached hydrogens (tertiary/aromatic N) is 2. The molecule has 10 heteroatoms. The van der Waals surface area contributed by atoms with E-state index in [0.29, 0.717) is 11.1 Å². The maximum atomic E-state index is 13.6. The van der Waals surface area contributed by atoms with Crippen LogP contribution in [0.4, 0.5) is 18.9 Å². The van der Waals surface area contributed by atoms with Gasteiger partial charge in [0.05, 0.1) is 5.56 Å². The first kappa shape index (κ1) is 28.6. The van der Waals surface area contributed by atoms with E-state index in [-0.39, 0.29) is 41.3 Å². The van der Waals surface area contributed by atoms with Gasteiger partial charge in [0.2, 0.25) is 0 Å². The van der Waals surface area contributed by atoms with Gasteiger partial charge in [-0.3, -0.25) is 9.59 Å². The number of likely N-dealkylation sites (tertiary alicyclic amines) is 1. The number of amides is 2. The largest absolute Gasteiger partial charge is 0.492 e. The molecule has 1 atom stereocenters. The fourth-order valence-electron chi connectivity index (χ4n) is 4.27. The summed E-state index contributed by atoms with van der Waals surface area (Å²) in [5, 5.41) is 5.06. The van der Waals surface area contributed by atoms with Crippen molar-refractivity contribution in [1.82, 2.24) is 15.2 Å². The molecule has 208 valence electrons. The molecule has 2 N–H and O–H groups in total. The minimum absolute atomic E-state index is 0.0231. The maximum Gasteiger partial charge on any atom is 0.416 e. The highest BCUT2D eigenvalue weighted by Crippen LogP contribution is 2.34. The van der Waals surface area contributed by atoms with Gasteiger partial charge in [-0.2, -0.15) is 13.2 Å². The van der Waals surface area contributed by atoms with Gasteiger partial charge in [-0.15, -0.1) is 0 Å². The third kappa shape index (κ3) is 7.18. The van der Waals surface area contributed by atoms with Crippen molar-refractivity contribution in [3.05, 3.63) is 88.2 Å². The summed E-state index contributed by atoms with van der Waals surface area (Å²) >= 11 is 0. The van der Waals surface area contributed by atoms with Crippen LogP contribution in [0.5, 0.6) is 5.75 Å². The van der Waals surface area contributed by atoms with E-state index in [1.165, 1.54) is 19.3 Å². The van der Waals surface area contributed by atoms with Crippen molar-refractivity contribution in [3.8, 4) is 17.6 Å². The minimum Gasteiger partial charge on any atom is -0.492 e. The number of carbonyl (C=O) groups excluding carboxylic acids is 2. The van der Waals surface area contributed by atoms with Crippen LogP contribution in [0.2, 0.25) is 0 Å². The molecule has 7 nitrogen and oxygen atoms in total. The second-order valence-electron chi connectivity index (χ2n) is 9.58. The highest BCUT2D eigenvalue weighted by Gasteiger charge is 2.32. The molecule has 0 spiro atoms. The van der Waals surface area contributed by atoms with Crippen LogP contribution in [0.3, 0.4) is 0 Å². The van der Waals surface area contributed by atoms with Crippen LogP contribution in [0.25, 0.3) is 0 Å². The van der Waals surface area contributed by atoms with Crippen LogP contribution in [-0.2, 0) is 6.18 Å². The van der Waals surface area contributed by atoms with Gasteiger partial charge in [0.1, 0.15) is 18.1 Å². The summed E-state index contributed by atoms with van der Waals surface area (Å²) in [5.74, 6) is 5.09. The first-order valence-corrected chi connectivity index (χ1v) is 12.7. The lowest BCUT2D eigenvalue weighted by atomic mass is 10.0. The molecule has 2 aromatic carbocycles. The van der Waals surface area contributed by atoms with Gasteiger partial charge in [-0.1, -0.05) is 17.9 Å². The molecule has 0 bridgehead atoms. The van der Waals surface area contributed by atoms with E-state index in [1.54, 1.807) is 30.3 Å². The third-order valence-corrected chi connectivity index (χ3v) is 6.67. The normalized spacial score (nSPS) is 15.2. The lowest BCUT2D eigenvalue weighted by Crippen LogP contribution is -2.30. The summed E-state index contributed by atoms with van der Waals surface area (Å²) in [4.78, 5) is 30.9. The molecule has 40 heavy (non-hydrogen) atoms. The van der Waals surface area contributed by atoms with E-state index in [1.807, 2.05) is 14.0 Å². The van der Waals surface area contributed by atoms with Crippen molar-refractivity contribution in [2.45, 2.75) is 32.0 Å². The summed E-state index contributed by atoms with van der Waals surface area (Å²) in [6, 6.07) is 11.4. The number of nitrogens with one attached hydrogen (secondary N) is 2. The van der Waals surface area contributed by atoms with Crippen molar-refractivity contribution in [2.75, 3.05) is 32.6 Å². The summed E-state index contributed by atoms with van der Waals surface area (Å²) in [6.07, 6.45) is -1.21. The van der Waals surface area contributed by atoms with Crippen molar-refractivity contribution in [3.63, 3.8) is 0 Å². The molecule has 1 fully saturated rings. The highest BCUT2D eigenvalue weighted by molar-refractivity contribution is 6.04. The van der Waals surface area contributed by atoms with Crippen LogP contribution >= 0.6 is 0 Å². The van der Waals surface area contributed by atoms with E-state index in [9.17, 15) is 22.8 Å². The van der Waals surface area contributed by atoms with E-state index in [2.05, 4.69) is 32.4 Å². The van der Waals surface area contributed by atoms with Crippen LogP contribution in [0.15, 0.2) is 54.7 Å². The maximum absolute atomic E-state index is 13.6. The molecule has 1 aromatic heterocycles. The number of ether oxygens (including phenoxy) is 1. The third-order valence-electron chi connectivity index (χ3n) is 6.67. The second kappa shape index (κ2) is 12.2. The Bertz CT molecular complexity index is 1460. The number of halogens is 3. The van der Waals surface area contributed by atoms with Gasteiger partial charge in [0.25, 0.3) is 11.8 Å². The van der Waals surface area contributed by atoms with Crippen LogP contribution < -0.4 is 15.4 Å². The molecule has 2 heterocycles. The standard InChI is InChI=1S/C30H29F3N4O3/c1-19-6-9-22(13-21(19)10-7-20-8-11-27(35-17-20)29(39)34-2)28(38)36-24-14-23(30(31,32)33)15-26(16-24)40-18-25-5-4-12-37(25)3/h6,8-9,11,13-17,25H,4-5,12,18H2,1-3H3,(H,34,39)(H,36,38)/t25-/m0/s1. The average molecular weight is 551 g/mol. The van der Waals surface area contributed by atoms with Gasteiger partial charge in [-0.05, 0) is 75.3 Å². The van der Waals surface area contributed by atoms with Crippen LogP contribution in [0, 0.1) is 18.8 Å². The molecule has 1 aliphatic rings. The summed E-state index contributed by atoms with van der Waals surface area (Å²) in [6.45, 7) is 3.01. The molecule has 2 amide bonds. The number of hydrogen-bond donors (Lipinski definition) is 2. The Morgan fingerprint density at radius 1 is 1.10 bits per heavy atom. The molecule has 1 saturated heterocycles. The topological polar surface area (TPSA) is 83.6 Å². The van der Waals surface area contributed by atoms with Gasteiger partial charge in [0, 0.05) is 47.7 Å². The zero-order valence-corrected chi connectivity index (χ0v) is 22.4. The second-order valence-corrected chi connectivity index (χ2v) is 9.58. The molecule has 3 aromatic rings. The Morgan fingerprint density at radius 3 is 2.55 bits per heavy atom.